The van der Waals surface area contributed by atoms with Crippen molar-refractivity contribution < 1.29 is 13.2 Å². The normalized spacial score (nSPS) is 16.8. The maximum atomic E-state index is 12.1. The molecule has 1 heterocycles. The molecular weight excluding hydrogens is 278 g/mol. The molecule has 1 amide bonds. The van der Waals surface area contributed by atoms with Gasteiger partial charge in [0.1, 0.15) is 0 Å². The molecule has 1 fully saturated rings. The van der Waals surface area contributed by atoms with Gasteiger partial charge in [-0.25, -0.2) is 8.42 Å². The number of nitrogens with zero attached hydrogens (tertiary/aromatic N) is 1. The van der Waals surface area contributed by atoms with Crippen LogP contribution in [0.15, 0.2) is 30.3 Å². The van der Waals surface area contributed by atoms with E-state index >= 15 is 0 Å². The second kappa shape index (κ2) is 6.83. The SMILES string of the molecule is O=C(NCCS(=O)(=O)N1CCNCC1)c1ccccc1. The van der Waals surface area contributed by atoms with Gasteiger partial charge >= 0.3 is 0 Å². The van der Waals surface area contributed by atoms with Gasteiger partial charge < -0.3 is 10.6 Å². The lowest BCUT2D eigenvalue weighted by Crippen LogP contribution is -2.48. The summed E-state index contributed by atoms with van der Waals surface area (Å²) in [4.78, 5) is 11.8. The summed E-state index contributed by atoms with van der Waals surface area (Å²) in [5.74, 6) is -0.313. The Morgan fingerprint density at radius 2 is 1.85 bits per heavy atom. The maximum absolute atomic E-state index is 12.1. The molecule has 110 valence electrons. The third kappa shape index (κ3) is 4.03. The van der Waals surface area contributed by atoms with Crippen molar-refractivity contribution in [2.45, 2.75) is 0 Å². The van der Waals surface area contributed by atoms with Crippen LogP contribution in [0.1, 0.15) is 10.4 Å². The molecule has 0 unspecified atom stereocenters. The average Bonchev–Trinajstić information content (AvgIpc) is 2.49. The summed E-state index contributed by atoms with van der Waals surface area (Å²) in [5.41, 5.74) is 0.534. The second-order valence-electron chi connectivity index (χ2n) is 4.59. The van der Waals surface area contributed by atoms with Crippen molar-refractivity contribution in [1.29, 1.82) is 0 Å². The van der Waals surface area contributed by atoms with E-state index in [9.17, 15) is 13.2 Å². The molecule has 1 aromatic rings. The standard InChI is InChI=1S/C13H19N3O3S/c17-13(12-4-2-1-3-5-12)15-8-11-20(18,19)16-9-6-14-7-10-16/h1-5,14H,6-11H2,(H,15,17). The van der Waals surface area contributed by atoms with Crippen molar-refractivity contribution in [3.63, 3.8) is 0 Å². The summed E-state index contributed by atoms with van der Waals surface area (Å²) in [6.07, 6.45) is 0. The molecule has 0 spiro atoms. The third-order valence-electron chi connectivity index (χ3n) is 3.15. The summed E-state index contributed by atoms with van der Waals surface area (Å²) in [6.45, 7) is 2.47. The van der Waals surface area contributed by atoms with Gasteiger partial charge in [-0.1, -0.05) is 18.2 Å². The predicted octanol–water partition coefficient (Wildman–Crippen LogP) is -0.349. The maximum Gasteiger partial charge on any atom is 0.251 e. The molecule has 0 atom stereocenters. The number of carbonyl (C=O) groups excluding carboxylic acids is 1. The van der Waals surface area contributed by atoms with Gasteiger partial charge in [-0.2, -0.15) is 4.31 Å². The number of amides is 1. The Balaban J connectivity index is 1.81. The summed E-state index contributed by atoms with van der Waals surface area (Å²) >= 11 is 0. The Kier molecular flexibility index (Phi) is 5.11. The fourth-order valence-corrected chi connectivity index (χ4v) is 3.39. The fraction of sp³-hybridized carbons (Fsp3) is 0.462. The van der Waals surface area contributed by atoms with Gasteiger partial charge in [-0.15, -0.1) is 0 Å². The number of hydrogen-bond acceptors (Lipinski definition) is 4. The zero-order chi connectivity index (χ0) is 14.4. The topological polar surface area (TPSA) is 78.5 Å². The highest BCUT2D eigenvalue weighted by Crippen LogP contribution is 2.03. The lowest BCUT2D eigenvalue weighted by molar-refractivity contribution is 0.0956. The number of carbonyl (C=O) groups is 1. The first-order valence-electron chi connectivity index (χ1n) is 6.61. The van der Waals surface area contributed by atoms with Crippen LogP contribution in [0.5, 0.6) is 0 Å². The van der Waals surface area contributed by atoms with Crippen LogP contribution in [0, 0.1) is 0 Å². The minimum atomic E-state index is -3.28. The van der Waals surface area contributed by atoms with Crippen molar-refractivity contribution in [2.75, 3.05) is 38.5 Å². The van der Waals surface area contributed by atoms with Gasteiger partial charge in [-0.3, -0.25) is 4.79 Å². The first kappa shape index (κ1) is 15.0. The van der Waals surface area contributed by atoms with E-state index in [-0.39, 0.29) is 18.2 Å². The Morgan fingerprint density at radius 1 is 1.20 bits per heavy atom. The van der Waals surface area contributed by atoms with Crippen LogP contribution >= 0.6 is 0 Å². The number of hydrogen-bond donors (Lipinski definition) is 2. The summed E-state index contributed by atoms with van der Waals surface area (Å²) < 4.78 is 25.6. The summed E-state index contributed by atoms with van der Waals surface area (Å²) in [5, 5.41) is 5.74. The molecule has 1 aliphatic heterocycles. The van der Waals surface area contributed by atoms with Crippen LogP contribution in [-0.4, -0.2) is 57.1 Å². The molecule has 0 radical (unpaired) electrons. The first-order chi connectivity index (χ1) is 9.59. The number of piperazine rings is 1. The number of rotatable bonds is 5. The quantitative estimate of drug-likeness (QED) is 0.779. The monoisotopic (exact) mass is 297 g/mol. The largest absolute Gasteiger partial charge is 0.351 e. The highest BCUT2D eigenvalue weighted by molar-refractivity contribution is 7.89. The van der Waals surface area contributed by atoms with Crippen molar-refractivity contribution in [2.24, 2.45) is 0 Å². The van der Waals surface area contributed by atoms with Crippen molar-refractivity contribution >= 4 is 15.9 Å². The lowest BCUT2D eigenvalue weighted by atomic mass is 10.2. The molecule has 0 bridgehead atoms. The van der Waals surface area contributed by atoms with E-state index in [0.29, 0.717) is 31.7 Å². The molecule has 0 aromatic heterocycles. The van der Waals surface area contributed by atoms with E-state index in [2.05, 4.69) is 10.6 Å². The van der Waals surface area contributed by atoms with Crippen LogP contribution < -0.4 is 10.6 Å². The zero-order valence-corrected chi connectivity index (χ0v) is 12.0. The lowest BCUT2D eigenvalue weighted by Gasteiger charge is -2.26. The zero-order valence-electron chi connectivity index (χ0n) is 11.2. The molecule has 6 nitrogen and oxygen atoms in total. The van der Waals surface area contributed by atoms with E-state index < -0.39 is 10.0 Å². The van der Waals surface area contributed by atoms with Crippen molar-refractivity contribution in [3.05, 3.63) is 35.9 Å². The summed E-state index contributed by atoms with van der Waals surface area (Å²) in [7, 11) is -3.28. The van der Waals surface area contributed by atoms with E-state index in [1.54, 1.807) is 24.3 Å². The number of nitrogens with one attached hydrogen (secondary N) is 2. The first-order valence-corrected chi connectivity index (χ1v) is 8.22. The van der Waals surface area contributed by atoms with E-state index in [1.807, 2.05) is 6.07 Å². The smallest absolute Gasteiger partial charge is 0.251 e. The fourth-order valence-electron chi connectivity index (χ4n) is 2.04. The van der Waals surface area contributed by atoms with Crippen LogP contribution in [-0.2, 0) is 10.0 Å². The highest BCUT2D eigenvalue weighted by Gasteiger charge is 2.23. The molecule has 7 heteroatoms. The molecule has 2 rings (SSSR count). The Morgan fingerprint density at radius 3 is 2.50 bits per heavy atom. The highest BCUT2D eigenvalue weighted by atomic mass is 32.2. The van der Waals surface area contributed by atoms with E-state index in [4.69, 9.17) is 0 Å². The minimum Gasteiger partial charge on any atom is -0.351 e. The van der Waals surface area contributed by atoms with Gasteiger partial charge in [-0.05, 0) is 12.1 Å². The molecular formula is C13H19N3O3S. The molecule has 1 aliphatic rings. The Hall–Kier alpha value is -1.44. The van der Waals surface area contributed by atoms with Gasteiger partial charge in [0.05, 0.1) is 5.75 Å². The minimum absolute atomic E-state index is 0.0639. The molecule has 2 N–H and O–H groups in total. The average molecular weight is 297 g/mol. The molecule has 1 saturated heterocycles. The van der Waals surface area contributed by atoms with E-state index in [1.165, 1.54) is 4.31 Å². The van der Waals surface area contributed by atoms with Gasteiger partial charge in [0.2, 0.25) is 10.0 Å². The third-order valence-corrected chi connectivity index (χ3v) is 5.02. The molecule has 1 aromatic carbocycles. The number of benzene rings is 1. The van der Waals surface area contributed by atoms with Crippen LogP contribution in [0.2, 0.25) is 0 Å². The van der Waals surface area contributed by atoms with Gasteiger partial charge in [0.25, 0.3) is 5.91 Å². The van der Waals surface area contributed by atoms with Crippen LogP contribution in [0.25, 0.3) is 0 Å². The molecule has 0 saturated carbocycles. The molecule has 20 heavy (non-hydrogen) atoms. The molecule has 0 aliphatic carbocycles. The van der Waals surface area contributed by atoms with Gasteiger partial charge in [0, 0.05) is 38.3 Å². The Labute approximate surface area is 119 Å². The number of sulfonamides is 1. The van der Waals surface area contributed by atoms with Crippen LogP contribution in [0.4, 0.5) is 0 Å². The van der Waals surface area contributed by atoms with Crippen LogP contribution in [0.3, 0.4) is 0 Å². The Bertz CT molecular complexity index is 539. The van der Waals surface area contributed by atoms with E-state index in [0.717, 1.165) is 0 Å². The van der Waals surface area contributed by atoms with Gasteiger partial charge in [0.15, 0.2) is 0 Å². The van der Waals surface area contributed by atoms with Crippen molar-refractivity contribution in [3.8, 4) is 0 Å². The van der Waals surface area contributed by atoms with Crippen molar-refractivity contribution in [1.82, 2.24) is 14.9 Å². The predicted molar refractivity (Wildman–Crippen MR) is 77.0 cm³/mol. The second-order valence-corrected chi connectivity index (χ2v) is 6.68. The summed E-state index contributed by atoms with van der Waals surface area (Å²) in [6, 6.07) is 8.75.